The van der Waals surface area contributed by atoms with Gasteiger partial charge < -0.3 is 29.3 Å². The van der Waals surface area contributed by atoms with Gasteiger partial charge in [0.05, 0.1) is 37.1 Å². The summed E-state index contributed by atoms with van der Waals surface area (Å²) < 4.78 is 18.1. The van der Waals surface area contributed by atoms with Gasteiger partial charge in [-0.1, -0.05) is 60.1 Å². The van der Waals surface area contributed by atoms with Crippen molar-refractivity contribution in [1.29, 1.82) is 0 Å². The Kier molecular flexibility index (Phi) is 10.0. The lowest BCUT2D eigenvalue weighted by atomic mass is 9.98. The van der Waals surface area contributed by atoms with Crippen molar-refractivity contribution in [2.24, 2.45) is 0 Å². The first-order valence-corrected chi connectivity index (χ1v) is 16.7. The van der Waals surface area contributed by atoms with E-state index in [1.165, 1.54) is 24.3 Å². The average molecular weight is 699 g/mol. The van der Waals surface area contributed by atoms with Gasteiger partial charge in [0.2, 0.25) is 0 Å². The second-order valence-electron chi connectivity index (χ2n) is 13.3. The molecule has 1 fully saturated rings. The second-order valence-corrected chi connectivity index (χ2v) is 13.7. The van der Waals surface area contributed by atoms with E-state index < -0.39 is 30.0 Å². The van der Waals surface area contributed by atoms with E-state index in [9.17, 15) is 14.4 Å². The molecular weight excluding hydrogens is 660 g/mol. The Morgan fingerprint density at radius 2 is 1.66 bits per heavy atom. The number of carbonyl (C=O) groups is 3. The van der Waals surface area contributed by atoms with Crippen molar-refractivity contribution in [2.75, 3.05) is 40.3 Å². The topological polar surface area (TPSA) is 136 Å². The van der Waals surface area contributed by atoms with Crippen LogP contribution in [-0.2, 0) is 14.2 Å². The molecular formula is C37H39ClN6O6. The first kappa shape index (κ1) is 34.8. The van der Waals surface area contributed by atoms with Crippen LogP contribution in [0.25, 0.3) is 22.5 Å². The van der Waals surface area contributed by atoms with Crippen molar-refractivity contribution < 1.29 is 28.6 Å². The van der Waals surface area contributed by atoms with E-state index in [0.29, 0.717) is 17.0 Å². The average Bonchev–Trinajstić information content (AvgIpc) is 3.42. The van der Waals surface area contributed by atoms with E-state index in [4.69, 9.17) is 25.8 Å². The lowest BCUT2D eigenvalue weighted by Gasteiger charge is -2.39. The maximum Gasteiger partial charge on any atom is 0.410 e. The Hall–Kier alpha value is -5.07. The summed E-state index contributed by atoms with van der Waals surface area (Å²) in [4.78, 5) is 54.7. The highest BCUT2D eigenvalue weighted by Gasteiger charge is 2.36. The van der Waals surface area contributed by atoms with Crippen LogP contribution in [0, 0.1) is 0 Å². The van der Waals surface area contributed by atoms with Crippen LogP contribution in [-0.4, -0.2) is 94.9 Å². The summed E-state index contributed by atoms with van der Waals surface area (Å²) >= 11 is 6.48. The van der Waals surface area contributed by atoms with Gasteiger partial charge in [0.1, 0.15) is 35.5 Å². The van der Waals surface area contributed by atoms with Crippen LogP contribution in [0.5, 0.6) is 0 Å². The zero-order valence-corrected chi connectivity index (χ0v) is 29.3. The quantitative estimate of drug-likeness (QED) is 0.227. The second kappa shape index (κ2) is 14.4. The molecule has 0 radical (unpaired) electrons. The number of nitrogens with zero attached hydrogens (tertiary/aromatic N) is 5. The smallest absolute Gasteiger partial charge is 0.410 e. The van der Waals surface area contributed by atoms with Gasteiger partial charge in [-0.3, -0.25) is 4.79 Å². The van der Waals surface area contributed by atoms with Gasteiger partial charge in [-0.25, -0.2) is 24.5 Å². The van der Waals surface area contributed by atoms with E-state index in [1.807, 2.05) is 24.3 Å². The fourth-order valence-electron chi connectivity index (χ4n) is 6.27. The molecule has 0 unspecified atom stereocenters. The molecule has 1 N–H and O–H groups in total. The Morgan fingerprint density at radius 1 is 0.980 bits per heavy atom. The standard InChI is InChI=1S/C37H39ClN6O6/c1-37(2,3)50-36(47)44-18-23(17-43(5)35(46)48-20-28-26-12-8-6-10-24(26)25-11-7-9-13-27(25)28)49-32(19-44)22-14-30(42-33(38)15-22)29-16-31(34(45)39-4)41-21-40-29/h6-16,21,23,28,32H,17-20H2,1-5H3,(H,39,45)/t23-,32+/m1/s1. The molecule has 13 heteroatoms. The van der Waals surface area contributed by atoms with Gasteiger partial charge in [0.15, 0.2) is 0 Å². The lowest BCUT2D eigenvalue weighted by Crippen LogP contribution is -2.52. The number of morpholine rings is 1. The molecule has 6 rings (SSSR count). The number of fused-ring (bicyclic) bond motifs is 3. The summed E-state index contributed by atoms with van der Waals surface area (Å²) in [5.74, 6) is -0.450. The highest BCUT2D eigenvalue weighted by molar-refractivity contribution is 6.29. The van der Waals surface area contributed by atoms with Crippen LogP contribution >= 0.6 is 11.6 Å². The number of likely N-dealkylation sites (N-methyl/N-ethyl adjacent to an activating group) is 1. The molecule has 3 heterocycles. The molecule has 0 spiro atoms. The van der Waals surface area contributed by atoms with Crippen molar-refractivity contribution in [3.63, 3.8) is 0 Å². The van der Waals surface area contributed by atoms with Crippen LogP contribution in [0.3, 0.4) is 0 Å². The number of halogens is 1. The SMILES string of the molecule is CNC(=O)c1cc(-c2cc([C@@H]3CN(C(=O)OC(C)(C)C)C[C@@H](CN(C)C(=O)OCC4c5ccccc5-c5ccccc54)O3)cc(Cl)n2)ncn1. The number of hydrogen-bond acceptors (Lipinski definition) is 9. The molecule has 50 heavy (non-hydrogen) atoms. The highest BCUT2D eigenvalue weighted by atomic mass is 35.5. The van der Waals surface area contributed by atoms with Crippen molar-refractivity contribution in [3.8, 4) is 22.5 Å². The number of nitrogens with one attached hydrogen (secondary N) is 1. The Bertz CT molecular complexity index is 1870. The van der Waals surface area contributed by atoms with Crippen molar-refractivity contribution in [2.45, 2.75) is 44.5 Å². The van der Waals surface area contributed by atoms with Crippen LogP contribution in [0.1, 0.15) is 60.0 Å². The van der Waals surface area contributed by atoms with Gasteiger partial charge in [0, 0.05) is 20.0 Å². The van der Waals surface area contributed by atoms with Crippen LogP contribution in [0.2, 0.25) is 5.15 Å². The van der Waals surface area contributed by atoms with E-state index in [-0.39, 0.29) is 48.9 Å². The van der Waals surface area contributed by atoms with Gasteiger partial charge in [-0.15, -0.1) is 0 Å². The number of amides is 3. The highest BCUT2D eigenvalue weighted by Crippen LogP contribution is 2.44. The summed E-state index contributed by atoms with van der Waals surface area (Å²) in [6, 6.07) is 21.2. The molecule has 12 nitrogen and oxygen atoms in total. The van der Waals surface area contributed by atoms with E-state index in [2.05, 4.69) is 44.5 Å². The van der Waals surface area contributed by atoms with E-state index >= 15 is 0 Å². The summed E-state index contributed by atoms with van der Waals surface area (Å²) in [5, 5.41) is 2.71. The molecule has 2 aliphatic rings. The first-order chi connectivity index (χ1) is 23.9. The summed E-state index contributed by atoms with van der Waals surface area (Å²) in [7, 11) is 3.16. The molecule has 1 aliphatic carbocycles. The number of aromatic nitrogens is 3. The van der Waals surface area contributed by atoms with Gasteiger partial charge >= 0.3 is 12.2 Å². The van der Waals surface area contributed by atoms with Crippen molar-refractivity contribution in [1.82, 2.24) is 30.1 Å². The summed E-state index contributed by atoms with van der Waals surface area (Å²) in [6.45, 7) is 6.06. The Balaban J connectivity index is 1.20. The maximum atomic E-state index is 13.4. The third-order valence-electron chi connectivity index (χ3n) is 8.52. The molecule has 2 atom stereocenters. The fraction of sp³-hybridized carbons (Fsp3) is 0.351. The number of ether oxygens (including phenoxy) is 3. The van der Waals surface area contributed by atoms with Crippen molar-refractivity contribution in [3.05, 3.63) is 101 Å². The van der Waals surface area contributed by atoms with Crippen LogP contribution < -0.4 is 5.32 Å². The minimum atomic E-state index is -0.721. The molecule has 1 aliphatic heterocycles. The Morgan fingerprint density at radius 3 is 2.32 bits per heavy atom. The van der Waals surface area contributed by atoms with E-state index in [0.717, 1.165) is 22.3 Å². The number of rotatable bonds is 7. The zero-order chi connectivity index (χ0) is 35.6. The zero-order valence-electron chi connectivity index (χ0n) is 28.6. The molecule has 1 saturated heterocycles. The fourth-order valence-corrected chi connectivity index (χ4v) is 6.48. The predicted octanol–water partition coefficient (Wildman–Crippen LogP) is 6.11. The first-order valence-electron chi connectivity index (χ1n) is 16.3. The van der Waals surface area contributed by atoms with Crippen molar-refractivity contribution >= 4 is 29.7 Å². The molecule has 4 aromatic rings. The van der Waals surface area contributed by atoms with Crippen LogP contribution in [0.15, 0.2) is 73.1 Å². The number of benzene rings is 2. The largest absolute Gasteiger partial charge is 0.448 e. The van der Waals surface area contributed by atoms with Crippen LogP contribution in [0.4, 0.5) is 9.59 Å². The molecule has 260 valence electrons. The summed E-state index contributed by atoms with van der Waals surface area (Å²) in [5.41, 5.74) is 5.39. The molecule has 2 aromatic heterocycles. The van der Waals surface area contributed by atoms with Gasteiger partial charge in [0.25, 0.3) is 5.91 Å². The normalized spacial score (nSPS) is 17.0. The monoisotopic (exact) mass is 698 g/mol. The van der Waals surface area contributed by atoms with Gasteiger partial charge in [-0.2, -0.15) is 0 Å². The number of pyridine rings is 1. The van der Waals surface area contributed by atoms with E-state index in [1.54, 1.807) is 44.9 Å². The lowest BCUT2D eigenvalue weighted by molar-refractivity contribution is -0.0949. The molecule has 2 aromatic carbocycles. The molecule has 0 saturated carbocycles. The molecule has 3 amide bonds. The third kappa shape index (κ3) is 7.71. The maximum absolute atomic E-state index is 13.4. The minimum Gasteiger partial charge on any atom is -0.448 e. The third-order valence-corrected chi connectivity index (χ3v) is 8.71. The summed E-state index contributed by atoms with van der Waals surface area (Å²) in [6.07, 6.45) is -0.992. The predicted molar refractivity (Wildman–Crippen MR) is 187 cm³/mol. The minimum absolute atomic E-state index is 0.0781. The Labute approximate surface area is 295 Å². The number of carbonyl (C=O) groups excluding carboxylic acids is 3. The molecule has 0 bridgehead atoms. The van der Waals surface area contributed by atoms with Gasteiger partial charge in [-0.05, 0) is 66.8 Å². The number of hydrogen-bond donors (Lipinski definition) is 1.